The van der Waals surface area contributed by atoms with Crippen LogP contribution in [0.5, 0.6) is 0 Å². The van der Waals surface area contributed by atoms with Crippen molar-refractivity contribution in [2.75, 3.05) is 17.2 Å². The highest BCUT2D eigenvalue weighted by Crippen LogP contribution is 2.15. The number of amides is 1. The van der Waals surface area contributed by atoms with Crippen LogP contribution < -0.4 is 10.6 Å². The van der Waals surface area contributed by atoms with E-state index in [0.29, 0.717) is 18.2 Å². The summed E-state index contributed by atoms with van der Waals surface area (Å²) in [4.78, 5) is 11.2. The summed E-state index contributed by atoms with van der Waals surface area (Å²) in [6.07, 6.45) is 0.469. The van der Waals surface area contributed by atoms with Crippen molar-refractivity contribution in [2.24, 2.45) is 0 Å². The van der Waals surface area contributed by atoms with E-state index in [9.17, 15) is 4.79 Å². The Kier molecular flexibility index (Phi) is 5.09. The summed E-state index contributed by atoms with van der Waals surface area (Å²) in [6, 6.07) is 11.5. The molecule has 0 aliphatic rings. The maximum absolute atomic E-state index is 11.2. The Labute approximate surface area is 123 Å². The predicted molar refractivity (Wildman–Crippen MR) is 81.8 cm³/mol. The van der Waals surface area contributed by atoms with Crippen LogP contribution in [0.1, 0.15) is 19.4 Å². The summed E-state index contributed by atoms with van der Waals surface area (Å²) in [5.74, 6) is 0.953. The number of benzene rings is 1. The number of nitrogens with zero attached hydrogens (tertiary/aromatic N) is 2. The monoisotopic (exact) mass is 286 g/mol. The van der Waals surface area contributed by atoms with Gasteiger partial charge in [-0.25, -0.2) is 4.79 Å². The zero-order valence-electron chi connectivity index (χ0n) is 12.1. The number of hydrogen-bond donors (Lipinski definition) is 2. The number of aromatic nitrogens is 2. The van der Waals surface area contributed by atoms with Gasteiger partial charge in [0, 0.05) is 5.69 Å². The SMILES string of the molecule is CCOC(=O)Nc1ccc(Nc2ccc(CC)cc2)nn1. The second kappa shape index (κ2) is 7.23. The predicted octanol–water partition coefficient (Wildman–Crippen LogP) is 3.35. The van der Waals surface area contributed by atoms with E-state index in [2.05, 4.69) is 39.9 Å². The highest BCUT2D eigenvalue weighted by molar-refractivity contribution is 5.83. The quantitative estimate of drug-likeness (QED) is 0.881. The van der Waals surface area contributed by atoms with E-state index in [1.165, 1.54) is 5.56 Å². The van der Waals surface area contributed by atoms with Gasteiger partial charge in [0.05, 0.1) is 6.61 Å². The molecule has 2 N–H and O–H groups in total. The van der Waals surface area contributed by atoms with Gasteiger partial charge in [0.1, 0.15) is 0 Å². The van der Waals surface area contributed by atoms with Gasteiger partial charge in [0.2, 0.25) is 0 Å². The molecule has 21 heavy (non-hydrogen) atoms. The van der Waals surface area contributed by atoms with Crippen LogP contribution in [-0.4, -0.2) is 22.9 Å². The molecular weight excluding hydrogens is 268 g/mol. The van der Waals surface area contributed by atoms with E-state index in [4.69, 9.17) is 4.74 Å². The third-order valence-corrected chi connectivity index (χ3v) is 2.80. The van der Waals surface area contributed by atoms with E-state index in [0.717, 1.165) is 12.1 Å². The topological polar surface area (TPSA) is 76.1 Å². The van der Waals surface area contributed by atoms with Crippen molar-refractivity contribution < 1.29 is 9.53 Å². The number of aryl methyl sites for hydroxylation is 1. The molecule has 0 spiro atoms. The first-order chi connectivity index (χ1) is 10.2. The highest BCUT2D eigenvalue weighted by atomic mass is 16.5. The molecule has 6 heteroatoms. The summed E-state index contributed by atoms with van der Waals surface area (Å²) in [7, 11) is 0. The van der Waals surface area contributed by atoms with Crippen molar-refractivity contribution >= 4 is 23.4 Å². The van der Waals surface area contributed by atoms with Crippen LogP contribution in [0.25, 0.3) is 0 Å². The summed E-state index contributed by atoms with van der Waals surface area (Å²) in [5.41, 5.74) is 2.22. The minimum atomic E-state index is -0.539. The fraction of sp³-hybridized carbons (Fsp3) is 0.267. The summed E-state index contributed by atoms with van der Waals surface area (Å²) < 4.78 is 4.76. The van der Waals surface area contributed by atoms with Crippen molar-refractivity contribution in [3.05, 3.63) is 42.0 Å². The van der Waals surface area contributed by atoms with E-state index in [-0.39, 0.29) is 0 Å². The lowest BCUT2D eigenvalue weighted by Crippen LogP contribution is -2.14. The third kappa shape index (κ3) is 4.45. The van der Waals surface area contributed by atoms with Crippen molar-refractivity contribution in [3.63, 3.8) is 0 Å². The van der Waals surface area contributed by atoms with E-state index < -0.39 is 6.09 Å². The average molecular weight is 286 g/mol. The molecule has 110 valence electrons. The molecule has 0 bridgehead atoms. The van der Waals surface area contributed by atoms with Gasteiger partial charge in [-0.1, -0.05) is 19.1 Å². The van der Waals surface area contributed by atoms with Crippen LogP contribution in [0.3, 0.4) is 0 Å². The van der Waals surface area contributed by atoms with Crippen LogP contribution in [0.15, 0.2) is 36.4 Å². The molecule has 2 rings (SSSR count). The lowest BCUT2D eigenvalue weighted by Gasteiger charge is -2.07. The first-order valence-corrected chi connectivity index (χ1v) is 6.84. The Morgan fingerprint density at radius 1 is 1.05 bits per heavy atom. The molecule has 0 saturated carbocycles. The third-order valence-electron chi connectivity index (χ3n) is 2.80. The maximum atomic E-state index is 11.2. The summed E-state index contributed by atoms with van der Waals surface area (Å²) in [6.45, 7) is 4.16. The normalized spacial score (nSPS) is 10.0. The molecule has 0 aliphatic heterocycles. The smallest absolute Gasteiger partial charge is 0.412 e. The molecular formula is C15H18N4O2. The first kappa shape index (κ1) is 14.8. The minimum Gasteiger partial charge on any atom is -0.450 e. The molecule has 0 atom stereocenters. The van der Waals surface area contributed by atoms with Gasteiger partial charge in [-0.2, -0.15) is 0 Å². The number of carbonyl (C=O) groups excluding carboxylic acids is 1. The van der Waals surface area contributed by atoms with E-state index in [1.54, 1.807) is 19.1 Å². The fourth-order valence-corrected chi connectivity index (χ4v) is 1.71. The van der Waals surface area contributed by atoms with Gasteiger partial charge in [0.25, 0.3) is 0 Å². The lowest BCUT2D eigenvalue weighted by atomic mass is 10.1. The van der Waals surface area contributed by atoms with Crippen molar-refractivity contribution in [1.82, 2.24) is 10.2 Å². The van der Waals surface area contributed by atoms with Gasteiger partial charge in [-0.05, 0) is 43.2 Å². The van der Waals surface area contributed by atoms with Gasteiger partial charge in [0.15, 0.2) is 11.6 Å². The molecule has 0 saturated heterocycles. The Morgan fingerprint density at radius 2 is 1.71 bits per heavy atom. The Bertz CT molecular complexity index is 582. The number of ether oxygens (including phenoxy) is 1. The molecule has 6 nitrogen and oxygen atoms in total. The molecule has 2 aromatic rings. The molecule has 0 fully saturated rings. The Hall–Kier alpha value is -2.63. The van der Waals surface area contributed by atoms with Gasteiger partial charge in [-0.15, -0.1) is 10.2 Å². The lowest BCUT2D eigenvalue weighted by molar-refractivity contribution is 0.168. The molecule has 1 heterocycles. The van der Waals surface area contributed by atoms with Crippen molar-refractivity contribution in [2.45, 2.75) is 20.3 Å². The highest BCUT2D eigenvalue weighted by Gasteiger charge is 2.04. The fourth-order valence-electron chi connectivity index (χ4n) is 1.71. The van der Waals surface area contributed by atoms with Crippen molar-refractivity contribution in [1.29, 1.82) is 0 Å². The van der Waals surface area contributed by atoms with Crippen molar-refractivity contribution in [3.8, 4) is 0 Å². The van der Waals surface area contributed by atoms with Crippen LogP contribution in [0.4, 0.5) is 22.1 Å². The summed E-state index contributed by atoms with van der Waals surface area (Å²) in [5, 5.41) is 13.5. The van der Waals surface area contributed by atoms with Crippen LogP contribution in [-0.2, 0) is 11.2 Å². The number of anilines is 3. The zero-order chi connectivity index (χ0) is 15.1. The molecule has 0 unspecified atom stereocenters. The minimum absolute atomic E-state index is 0.312. The standard InChI is InChI=1S/C15H18N4O2/c1-3-11-5-7-12(8-6-11)16-13-9-10-14(19-18-13)17-15(20)21-4-2/h5-10H,3-4H2,1-2H3,(H,16,18)(H,17,19,20). The average Bonchev–Trinajstić information content (AvgIpc) is 2.50. The second-order valence-electron chi connectivity index (χ2n) is 4.32. The number of rotatable bonds is 5. The first-order valence-electron chi connectivity index (χ1n) is 6.84. The molecule has 0 aliphatic carbocycles. The summed E-state index contributed by atoms with van der Waals surface area (Å²) >= 11 is 0. The Balaban J connectivity index is 1.96. The Morgan fingerprint density at radius 3 is 2.29 bits per heavy atom. The van der Waals surface area contributed by atoms with Gasteiger partial charge >= 0.3 is 6.09 Å². The number of hydrogen-bond acceptors (Lipinski definition) is 5. The number of carbonyl (C=O) groups is 1. The number of nitrogens with one attached hydrogen (secondary N) is 2. The zero-order valence-corrected chi connectivity index (χ0v) is 12.1. The second-order valence-corrected chi connectivity index (χ2v) is 4.32. The molecule has 0 radical (unpaired) electrons. The van der Waals surface area contributed by atoms with Crippen LogP contribution >= 0.6 is 0 Å². The van der Waals surface area contributed by atoms with Gasteiger partial charge < -0.3 is 10.1 Å². The van der Waals surface area contributed by atoms with Gasteiger partial charge in [-0.3, -0.25) is 5.32 Å². The molecule has 1 aromatic heterocycles. The van der Waals surface area contributed by atoms with Crippen LogP contribution in [0.2, 0.25) is 0 Å². The maximum Gasteiger partial charge on any atom is 0.412 e. The molecule has 1 aromatic carbocycles. The molecule has 1 amide bonds. The largest absolute Gasteiger partial charge is 0.450 e. The van der Waals surface area contributed by atoms with E-state index in [1.807, 2.05) is 12.1 Å². The van der Waals surface area contributed by atoms with Crippen LogP contribution in [0, 0.1) is 0 Å². The van der Waals surface area contributed by atoms with E-state index >= 15 is 0 Å².